The van der Waals surface area contributed by atoms with Crippen LogP contribution in [0.2, 0.25) is 0 Å². The van der Waals surface area contributed by atoms with E-state index in [9.17, 15) is 9.90 Å². The van der Waals surface area contributed by atoms with Crippen molar-refractivity contribution in [3.8, 4) is 5.75 Å². The molecule has 0 bridgehead atoms. The quantitative estimate of drug-likeness (QED) is 0.655. The van der Waals surface area contributed by atoms with Crippen LogP contribution in [0.5, 0.6) is 5.75 Å². The maximum atomic E-state index is 10.8. The summed E-state index contributed by atoms with van der Waals surface area (Å²) in [5.41, 5.74) is 3.48. The van der Waals surface area contributed by atoms with E-state index in [-0.39, 0.29) is 5.75 Å². The van der Waals surface area contributed by atoms with Gasteiger partial charge in [-0.3, -0.25) is 0 Å². The van der Waals surface area contributed by atoms with Crippen molar-refractivity contribution in [2.45, 2.75) is 52.0 Å². The van der Waals surface area contributed by atoms with Crippen LogP contribution in [0.25, 0.3) is 0 Å². The summed E-state index contributed by atoms with van der Waals surface area (Å²) < 4.78 is 0.706. The molecule has 0 aromatic heterocycles. The molecule has 1 aliphatic carbocycles. The van der Waals surface area contributed by atoms with Gasteiger partial charge in [-0.05, 0) is 71.8 Å². The summed E-state index contributed by atoms with van der Waals surface area (Å²) in [5.74, 6) is 0.280. The topological polar surface area (TPSA) is 49.7 Å². The fraction of sp³-hybridized carbons (Fsp3) is 0.533. The van der Waals surface area contributed by atoms with Crippen LogP contribution >= 0.6 is 15.9 Å². The number of carbonyl (C=O) groups excluding carboxylic acids is 1. The zero-order valence-corrected chi connectivity index (χ0v) is 13.1. The van der Waals surface area contributed by atoms with Crippen molar-refractivity contribution in [2.24, 2.45) is 4.99 Å². The maximum absolute atomic E-state index is 10.8. The minimum atomic E-state index is -0.448. The fourth-order valence-corrected chi connectivity index (χ4v) is 3.76. The van der Waals surface area contributed by atoms with Crippen LogP contribution in [0.4, 0.5) is 0 Å². The van der Waals surface area contributed by atoms with Gasteiger partial charge in [-0.2, -0.15) is 4.99 Å². The minimum absolute atomic E-state index is 0.280. The molecule has 1 fully saturated rings. The lowest BCUT2D eigenvalue weighted by Crippen LogP contribution is -2.22. The molecule has 1 aromatic carbocycles. The van der Waals surface area contributed by atoms with E-state index in [1.54, 1.807) is 6.08 Å². The molecule has 0 atom stereocenters. The molecule has 19 heavy (non-hydrogen) atoms. The molecule has 0 amide bonds. The van der Waals surface area contributed by atoms with Gasteiger partial charge in [0.1, 0.15) is 5.75 Å². The van der Waals surface area contributed by atoms with Crippen LogP contribution in [0.1, 0.15) is 47.9 Å². The monoisotopic (exact) mass is 323 g/mol. The Morgan fingerprint density at radius 3 is 2.26 bits per heavy atom. The standard InChI is InChI=1S/C15H18BrNO2/c1-9-10(2)14(19)13(16)11(3)12(9)15(17-8-18)6-4-5-7-15/h19H,4-7H2,1-3H3. The van der Waals surface area contributed by atoms with Crippen LogP contribution in [0, 0.1) is 20.8 Å². The number of hydrogen-bond acceptors (Lipinski definition) is 3. The van der Waals surface area contributed by atoms with Crippen molar-refractivity contribution in [2.75, 3.05) is 0 Å². The average Bonchev–Trinajstić information content (AvgIpc) is 2.84. The van der Waals surface area contributed by atoms with E-state index in [0.29, 0.717) is 4.47 Å². The molecule has 1 N–H and O–H groups in total. The van der Waals surface area contributed by atoms with Crippen molar-refractivity contribution in [1.82, 2.24) is 0 Å². The van der Waals surface area contributed by atoms with Gasteiger partial charge in [0.15, 0.2) is 0 Å². The molecule has 0 heterocycles. The van der Waals surface area contributed by atoms with Crippen molar-refractivity contribution < 1.29 is 9.90 Å². The van der Waals surface area contributed by atoms with E-state index in [1.807, 2.05) is 20.8 Å². The molecule has 4 heteroatoms. The van der Waals surface area contributed by atoms with E-state index in [1.165, 1.54) is 0 Å². The van der Waals surface area contributed by atoms with Gasteiger partial charge < -0.3 is 5.11 Å². The zero-order chi connectivity index (χ0) is 14.2. The summed E-state index contributed by atoms with van der Waals surface area (Å²) in [4.78, 5) is 15.0. The second-order valence-electron chi connectivity index (χ2n) is 5.35. The predicted octanol–water partition coefficient (Wildman–Crippen LogP) is 4.19. The van der Waals surface area contributed by atoms with Crippen molar-refractivity contribution in [3.05, 3.63) is 26.7 Å². The number of rotatable bonds is 2. The van der Waals surface area contributed by atoms with Crippen molar-refractivity contribution in [1.29, 1.82) is 0 Å². The van der Waals surface area contributed by atoms with Crippen LogP contribution in [-0.2, 0) is 10.3 Å². The summed E-state index contributed by atoms with van der Waals surface area (Å²) in [6.07, 6.45) is 5.65. The average molecular weight is 324 g/mol. The highest BCUT2D eigenvalue weighted by Crippen LogP contribution is 2.48. The van der Waals surface area contributed by atoms with Crippen LogP contribution in [0.15, 0.2) is 9.47 Å². The Labute approximate surface area is 121 Å². The van der Waals surface area contributed by atoms with E-state index in [2.05, 4.69) is 20.9 Å². The highest BCUT2D eigenvalue weighted by molar-refractivity contribution is 9.10. The molecule has 0 saturated heterocycles. The van der Waals surface area contributed by atoms with E-state index in [0.717, 1.165) is 47.9 Å². The number of nitrogens with zero attached hydrogens (tertiary/aromatic N) is 1. The Kier molecular flexibility index (Phi) is 3.84. The fourth-order valence-electron chi connectivity index (χ4n) is 3.26. The second kappa shape index (κ2) is 5.10. The number of hydrogen-bond donors (Lipinski definition) is 1. The summed E-state index contributed by atoms with van der Waals surface area (Å²) in [7, 11) is 0. The maximum Gasteiger partial charge on any atom is 0.235 e. The van der Waals surface area contributed by atoms with Gasteiger partial charge in [0, 0.05) is 0 Å². The molecule has 102 valence electrons. The highest BCUT2D eigenvalue weighted by Gasteiger charge is 2.39. The van der Waals surface area contributed by atoms with Gasteiger partial charge in [-0.1, -0.05) is 12.8 Å². The summed E-state index contributed by atoms with van der Waals surface area (Å²) in [6, 6.07) is 0. The molecule has 0 radical (unpaired) electrons. The highest BCUT2D eigenvalue weighted by atomic mass is 79.9. The van der Waals surface area contributed by atoms with Gasteiger partial charge in [0.2, 0.25) is 6.08 Å². The van der Waals surface area contributed by atoms with Gasteiger partial charge in [0.05, 0.1) is 10.0 Å². The van der Waals surface area contributed by atoms with Crippen LogP contribution in [0.3, 0.4) is 0 Å². The number of aromatic hydroxyl groups is 1. The lowest BCUT2D eigenvalue weighted by atomic mass is 9.81. The van der Waals surface area contributed by atoms with Crippen LogP contribution in [-0.4, -0.2) is 11.2 Å². The second-order valence-corrected chi connectivity index (χ2v) is 6.15. The molecule has 3 nitrogen and oxygen atoms in total. The zero-order valence-electron chi connectivity index (χ0n) is 11.5. The first kappa shape index (κ1) is 14.3. The Balaban J connectivity index is 2.78. The SMILES string of the molecule is Cc1c(C)c(C2(N=C=O)CCCC2)c(C)c(Br)c1O. The minimum Gasteiger partial charge on any atom is -0.506 e. The first-order valence-corrected chi connectivity index (χ1v) is 7.31. The molecule has 0 aliphatic heterocycles. The summed E-state index contributed by atoms with van der Waals surface area (Å²) in [5, 5.41) is 10.1. The lowest BCUT2D eigenvalue weighted by Gasteiger charge is -2.29. The third-order valence-corrected chi connectivity index (χ3v) is 5.33. The van der Waals surface area contributed by atoms with E-state index in [4.69, 9.17) is 0 Å². The molecular weight excluding hydrogens is 306 g/mol. The Hall–Kier alpha value is -1.12. The molecule has 2 rings (SSSR count). The van der Waals surface area contributed by atoms with Crippen molar-refractivity contribution >= 4 is 22.0 Å². The Morgan fingerprint density at radius 1 is 1.16 bits per heavy atom. The van der Waals surface area contributed by atoms with Gasteiger partial charge >= 0.3 is 0 Å². The molecule has 1 aromatic rings. The summed E-state index contributed by atoms with van der Waals surface area (Å²) >= 11 is 3.45. The van der Waals surface area contributed by atoms with Gasteiger partial charge in [0.25, 0.3) is 0 Å². The third kappa shape index (κ3) is 2.13. The predicted molar refractivity (Wildman–Crippen MR) is 78.3 cm³/mol. The largest absolute Gasteiger partial charge is 0.506 e. The lowest BCUT2D eigenvalue weighted by molar-refractivity contribution is 0.442. The Bertz CT molecular complexity index is 539. The normalized spacial score (nSPS) is 17.3. The molecule has 0 unspecified atom stereocenters. The Morgan fingerprint density at radius 2 is 1.74 bits per heavy atom. The number of phenols is 1. The van der Waals surface area contributed by atoms with Gasteiger partial charge in [-0.15, -0.1) is 0 Å². The van der Waals surface area contributed by atoms with Crippen molar-refractivity contribution in [3.63, 3.8) is 0 Å². The number of aliphatic imine (C=N–C) groups is 1. The van der Waals surface area contributed by atoms with Crippen LogP contribution < -0.4 is 0 Å². The van der Waals surface area contributed by atoms with Gasteiger partial charge in [-0.25, -0.2) is 4.79 Å². The number of isocyanates is 1. The molecule has 0 spiro atoms. The molecule has 1 aliphatic rings. The first-order valence-electron chi connectivity index (χ1n) is 6.52. The van der Waals surface area contributed by atoms with E-state index < -0.39 is 5.54 Å². The third-order valence-electron chi connectivity index (χ3n) is 4.36. The first-order chi connectivity index (χ1) is 8.94. The number of phenolic OH excluding ortho intramolecular Hbond substituents is 1. The molecule has 1 saturated carbocycles. The van der Waals surface area contributed by atoms with E-state index >= 15 is 0 Å². The number of benzene rings is 1. The number of halogens is 1. The molecular formula is C15H18BrNO2. The smallest absolute Gasteiger partial charge is 0.235 e. The summed E-state index contributed by atoms with van der Waals surface area (Å²) in [6.45, 7) is 5.85.